The highest BCUT2D eigenvalue weighted by atomic mass is 32.2. The van der Waals surface area contributed by atoms with Crippen LogP contribution in [0.15, 0.2) is 0 Å². The number of nitrogens with one attached hydrogen (secondary N) is 1. The molecule has 1 nitrogen and oxygen atoms in total. The summed E-state index contributed by atoms with van der Waals surface area (Å²) < 4.78 is 0. The van der Waals surface area contributed by atoms with Gasteiger partial charge in [-0.1, -0.05) is 0 Å². The van der Waals surface area contributed by atoms with Crippen LogP contribution in [0.4, 0.5) is 0 Å². The van der Waals surface area contributed by atoms with E-state index < -0.39 is 0 Å². The first-order valence-corrected chi connectivity index (χ1v) is 5.91. The Morgan fingerprint density at radius 2 is 2.09 bits per heavy atom. The topological polar surface area (TPSA) is 12.0 Å². The van der Waals surface area contributed by atoms with E-state index in [0.717, 1.165) is 11.8 Å². The second-order valence-electron chi connectivity index (χ2n) is 3.44. The molecule has 1 saturated carbocycles. The van der Waals surface area contributed by atoms with Gasteiger partial charge in [-0.05, 0) is 56.7 Å². The third kappa shape index (κ3) is 2.68. The molecule has 1 fully saturated rings. The molecular formula is C9H19NS. The summed E-state index contributed by atoms with van der Waals surface area (Å²) in [6, 6.07) is 0. The SMILES string of the molecule is CNCC1CCC1CCSC. The number of thioether (sulfide) groups is 1. The van der Waals surface area contributed by atoms with E-state index in [1.165, 1.54) is 31.6 Å². The molecular weight excluding hydrogens is 154 g/mol. The summed E-state index contributed by atoms with van der Waals surface area (Å²) in [5.74, 6) is 3.38. The monoisotopic (exact) mass is 173 g/mol. The molecule has 1 rings (SSSR count). The second-order valence-corrected chi connectivity index (χ2v) is 4.42. The van der Waals surface area contributed by atoms with E-state index in [-0.39, 0.29) is 0 Å². The van der Waals surface area contributed by atoms with Crippen molar-refractivity contribution in [3.05, 3.63) is 0 Å². The number of hydrogen-bond acceptors (Lipinski definition) is 2. The van der Waals surface area contributed by atoms with Crippen molar-refractivity contribution in [1.82, 2.24) is 5.32 Å². The van der Waals surface area contributed by atoms with Gasteiger partial charge in [0.25, 0.3) is 0 Å². The summed E-state index contributed by atoms with van der Waals surface area (Å²) in [5, 5.41) is 3.27. The van der Waals surface area contributed by atoms with Crippen LogP contribution in [0.25, 0.3) is 0 Å². The van der Waals surface area contributed by atoms with Gasteiger partial charge in [0.2, 0.25) is 0 Å². The normalized spacial score (nSPS) is 30.0. The molecule has 11 heavy (non-hydrogen) atoms. The van der Waals surface area contributed by atoms with Gasteiger partial charge < -0.3 is 5.32 Å². The van der Waals surface area contributed by atoms with Gasteiger partial charge in [0.05, 0.1) is 0 Å². The Morgan fingerprint density at radius 3 is 2.55 bits per heavy atom. The van der Waals surface area contributed by atoms with Crippen LogP contribution < -0.4 is 5.32 Å². The maximum absolute atomic E-state index is 3.27. The standard InChI is InChI=1S/C9H19NS/c1-10-7-9-4-3-8(9)5-6-11-2/h8-10H,3-7H2,1-2H3. The van der Waals surface area contributed by atoms with Crippen LogP contribution in [-0.2, 0) is 0 Å². The molecule has 66 valence electrons. The smallest absolute Gasteiger partial charge is 0.00209 e. The van der Waals surface area contributed by atoms with Gasteiger partial charge in [0, 0.05) is 0 Å². The van der Waals surface area contributed by atoms with Crippen molar-refractivity contribution in [2.75, 3.05) is 25.6 Å². The fraction of sp³-hybridized carbons (Fsp3) is 1.00. The molecule has 1 aliphatic carbocycles. The molecule has 0 saturated heterocycles. The van der Waals surface area contributed by atoms with E-state index in [1.54, 1.807) is 0 Å². The fourth-order valence-corrected chi connectivity index (χ4v) is 2.36. The van der Waals surface area contributed by atoms with Crippen LogP contribution in [0.3, 0.4) is 0 Å². The van der Waals surface area contributed by atoms with Gasteiger partial charge in [0.15, 0.2) is 0 Å². The van der Waals surface area contributed by atoms with E-state index in [2.05, 4.69) is 18.6 Å². The Morgan fingerprint density at radius 1 is 1.36 bits per heavy atom. The third-order valence-electron chi connectivity index (χ3n) is 2.73. The van der Waals surface area contributed by atoms with Crippen molar-refractivity contribution < 1.29 is 0 Å². The van der Waals surface area contributed by atoms with Crippen molar-refractivity contribution in [3.8, 4) is 0 Å². The zero-order chi connectivity index (χ0) is 8.10. The quantitative estimate of drug-likeness (QED) is 0.682. The van der Waals surface area contributed by atoms with Crippen LogP contribution in [0.2, 0.25) is 0 Å². The molecule has 0 heterocycles. The molecule has 0 aliphatic heterocycles. The lowest BCUT2D eigenvalue weighted by atomic mass is 9.72. The molecule has 2 unspecified atom stereocenters. The first kappa shape index (κ1) is 9.40. The van der Waals surface area contributed by atoms with E-state index in [9.17, 15) is 0 Å². The lowest BCUT2D eigenvalue weighted by Crippen LogP contribution is -2.34. The minimum Gasteiger partial charge on any atom is -0.319 e. The van der Waals surface area contributed by atoms with Gasteiger partial charge in [0.1, 0.15) is 0 Å². The molecule has 2 heteroatoms. The third-order valence-corrected chi connectivity index (χ3v) is 3.38. The van der Waals surface area contributed by atoms with Crippen molar-refractivity contribution in [2.24, 2.45) is 11.8 Å². The van der Waals surface area contributed by atoms with Crippen molar-refractivity contribution in [3.63, 3.8) is 0 Å². The van der Waals surface area contributed by atoms with Crippen LogP contribution in [-0.4, -0.2) is 25.6 Å². The minimum absolute atomic E-state index is 0.993. The van der Waals surface area contributed by atoms with Gasteiger partial charge in [-0.3, -0.25) is 0 Å². The summed E-state index contributed by atoms with van der Waals surface area (Å²) in [6.45, 7) is 1.24. The highest BCUT2D eigenvalue weighted by molar-refractivity contribution is 7.98. The predicted molar refractivity (Wildman–Crippen MR) is 53.1 cm³/mol. The van der Waals surface area contributed by atoms with Crippen LogP contribution in [0.5, 0.6) is 0 Å². The Balaban J connectivity index is 2.05. The fourth-order valence-electron chi connectivity index (χ4n) is 1.82. The molecule has 0 aromatic carbocycles. The maximum atomic E-state index is 3.27. The second kappa shape index (κ2) is 5.04. The van der Waals surface area contributed by atoms with E-state index >= 15 is 0 Å². The summed E-state index contributed by atoms with van der Waals surface area (Å²) in [7, 11) is 2.06. The van der Waals surface area contributed by atoms with Crippen LogP contribution in [0, 0.1) is 11.8 Å². The Labute approximate surface area is 74.3 Å². The highest BCUT2D eigenvalue weighted by Crippen LogP contribution is 2.36. The molecule has 1 aliphatic rings. The first-order valence-electron chi connectivity index (χ1n) is 4.52. The van der Waals surface area contributed by atoms with Crippen molar-refractivity contribution in [1.29, 1.82) is 0 Å². The minimum atomic E-state index is 0.993. The Bertz CT molecular complexity index is 106. The van der Waals surface area contributed by atoms with Gasteiger partial charge >= 0.3 is 0 Å². The Hall–Kier alpha value is 0.310. The van der Waals surface area contributed by atoms with Gasteiger partial charge in [-0.25, -0.2) is 0 Å². The lowest BCUT2D eigenvalue weighted by Gasteiger charge is -2.36. The molecule has 0 radical (unpaired) electrons. The molecule has 0 spiro atoms. The van der Waals surface area contributed by atoms with Crippen LogP contribution in [0.1, 0.15) is 19.3 Å². The highest BCUT2D eigenvalue weighted by Gasteiger charge is 2.28. The van der Waals surface area contributed by atoms with E-state index in [1.807, 2.05) is 11.8 Å². The predicted octanol–water partition coefficient (Wildman–Crippen LogP) is 1.99. The average Bonchev–Trinajstić information content (AvgIpc) is 1.99. The van der Waals surface area contributed by atoms with Gasteiger partial charge in [-0.2, -0.15) is 11.8 Å². The first-order chi connectivity index (χ1) is 5.38. The van der Waals surface area contributed by atoms with Crippen molar-refractivity contribution in [2.45, 2.75) is 19.3 Å². The molecule has 0 aromatic rings. The maximum Gasteiger partial charge on any atom is -0.00209 e. The summed E-state index contributed by atoms with van der Waals surface area (Å²) >= 11 is 1.98. The Kier molecular flexibility index (Phi) is 4.31. The molecule has 1 N–H and O–H groups in total. The molecule has 0 aromatic heterocycles. The average molecular weight is 173 g/mol. The largest absolute Gasteiger partial charge is 0.319 e. The molecule has 0 bridgehead atoms. The number of hydrogen-bond donors (Lipinski definition) is 1. The van der Waals surface area contributed by atoms with Crippen LogP contribution >= 0.6 is 11.8 Å². The zero-order valence-electron chi connectivity index (χ0n) is 7.60. The number of rotatable bonds is 5. The summed E-state index contributed by atoms with van der Waals surface area (Å²) in [6.07, 6.45) is 6.58. The molecule has 2 atom stereocenters. The summed E-state index contributed by atoms with van der Waals surface area (Å²) in [5.41, 5.74) is 0. The van der Waals surface area contributed by atoms with Crippen molar-refractivity contribution >= 4 is 11.8 Å². The summed E-state index contributed by atoms with van der Waals surface area (Å²) in [4.78, 5) is 0. The lowest BCUT2D eigenvalue weighted by molar-refractivity contribution is 0.170. The van der Waals surface area contributed by atoms with E-state index in [4.69, 9.17) is 0 Å². The van der Waals surface area contributed by atoms with Gasteiger partial charge in [-0.15, -0.1) is 0 Å². The molecule has 0 amide bonds. The van der Waals surface area contributed by atoms with E-state index in [0.29, 0.717) is 0 Å². The zero-order valence-corrected chi connectivity index (χ0v) is 8.41.